The van der Waals surface area contributed by atoms with Gasteiger partial charge in [0.05, 0.1) is 0 Å². The van der Waals surface area contributed by atoms with Gasteiger partial charge in [0.15, 0.2) is 10.8 Å². The number of hydrogen-bond donors (Lipinski definition) is 0. The van der Waals surface area contributed by atoms with Gasteiger partial charge in [0.2, 0.25) is 4.96 Å². The van der Waals surface area contributed by atoms with Crippen LogP contribution in [0.2, 0.25) is 5.02 Å². The molecule has 5 nitrogen and oxygen atoms in total. The smallest absolute Gasteiger partial charge is 0.235 e. The van der Waals surface area contributed by atoms with Crippen LogP contribution < -0.4 is 4.74 Å². The number of benzene rings is 2. The Balaban J connectivity index is 1.57. The van der Waals surface area contributed by atoms with E-state index in [4.69, 9.17) is 16.3 Å². The summed E-state index contributed by atoms with van der Waals surface area (Å²) in [4.78, 5) is 0.657. The lowest BCUT2D eigenvalue weighted by Crippen LogP contribution is -1.97. The fourth-order valence-electron chi connectivity index (χ4n) is 2.17. The maximum atomic E-state index is 13.1. The van der Waals surface area contributed by atoms with Gasteiger partial charge in [-0.1, -0.05) is 22.9 Å². The number of halogens is 2. The molecule has 2 heterocycles. The Bertz CT molecular complexity index is 982. The maximum absolute atomic E-state index is 13.1. The maximum Gasteiger partial charge on any atom is 0.235 e. The van der Waals surface area contributed by atoms with E-state index in [1.54, 1.807) is 40.9 Å². The van der Waals surface area contributed by atoms with Gasteiger partial charge in [-0.05, 0) is 48.5 Å². The minimum Gasteiger partial charge on any atom is -0.486 e. The van der Waals surface area contributed by atoms with Crippen LogP contribution in [0.1, 0.15) is 5.01 Å². The second-order valence-corrected chi connectivity index (χ2v) is 6.44. The zero-order valence-corrected chi connectivity index (χ0v) is 13.8. The van der Waals surface area contributed by atoms with E-state index in [1.165, 1.54) is 23.5 Å². The molecule has 8 heteroatoms. The van der Waals surface area contributed by atoms with Crippen LogP contribution in [0.4, 0.5) is 4.39 Å². The fraction of sp³-hybridized carbons (Fsp3) is 0.0625. The van der Waals surface area contributed by atoms with E-state index in [1.807, 2.05) is 0 Å². The van der Waals surface area contributed by atoms with Crippen LogP contribution in [-0.4, -0.2) is 19.8 Å². The molecule has 4 aromatic rings. The second-order valence-electron chi connectivity index (χ2n) is 4.96. The average molecular weight is 361 g/mol. The van der Waals surface area contributed by atoms with E-state index in [9.17, 15) is 4.39 Å². The average Bonchev–Trinajstić information content (AvgIpc) is 3.15. The molecule has 0 unspecified atom stereocenters. The van der Waals surface area contributed by atoms with Gasteiger partial charge in [-0.2, -0.15) is 9.61 Å². The minimum absolute atomic E-state index is 0.296. The van der Waals surface area contributed by atoms with Gasteiger partial charge in [-0.25, -0.2) is 4.39 Å². The molecule has 0 aliphatic carbocycles. The Morgan fingerprint density at radius 3 is 2.54 bits per heavy atom. The first-order chi connectivity index (χ1) is 11.7. The zero-order chi connectivity index (χ0) is 16.5. The summed E-state index contributed by atoms with van der Waals surface area (Å²) in [7, 11) is 0. The van der Waals surface area contributed by atoms with E-state index in [-0.39, 0.29) is 5.82 Å². The van der Waals surface area contributed by atoms with Gasteiger partial charge in [0, 0.05) is 10.6 Å². The lowest BCUT2D eigenvalue weighted by molar-refractivity contribution is 0.304. The first-order valence-electron chi connectivity index (χ1n) is 7.04. The first kappa shape index (κ1) is 15.0. The SMILES string of the molecule is Fc1ccc(-c2nnc3sc(COc4ccc(Cl)cc4)nn23)cc1. The predicted molar refractivity (Wildman–Crippen MR) is 89.8 cm³/mol. The Kier molecular flexibility index (Phi) is 3.87. The van der Waals surface area contributed by atoms with Crippen molar-refractivity contribution >= 4 is 27.9 Å². The Labute approximate surface area is 145 Å². The van der Waals surface area contributed by atoms with Gasteiger partial charge < -0.3 is 4.74 Å². The van der Waals surface area contributed by atoms with Crippen molar-refractivity contribution in [3.63, 3.8) is 0 Å². The van der Waals surface area contributed by atoms with Crippen LogP contribution in [0.15, 0.2) is 48.5 Å². The molecular formula is C16H10ClFN4OS. The molecule has 0 aliphatic heterocycles. The molecule has 0 saturated carbocycles. The van der Waals surface area contributed by atoms with E-state index >= 15 is 0 Å². The van der Waals surface area contributed by atoms with E-state index < -0.39 is 0 Å². The predicted octanol–water partition coefficient (Wildman–Crippen LogP) is 4.22. The summed E-state index contributed by atoms with van der Waals surface area (Å²) in [6, 6.07) is 13.2. The van der Waals surface area contributed by atoms with Crippen molar-refractivity contribution in [3.8, 4) is 17.1 Å². The molecule has 24 heavy (non-hydrogen) atoms. The van der Waals surface area contributed by atoms with E-state index in [2.05, 4.69) is 15.3 Å². The van der Waals surface area contributed by atoms with Crippen molar-refractivity contribution in [1.29, 1.82) is 0 Å². The molecule has 2 aromatic carbocycles. The quantitative estimate of drug-likeness (QED) is 0.546. The molecule has 0 amide bonds. The molecule has 0 N–H and O–H groups in total. The molecule has 0 spiro atoms. The fourth-order valence-corrected chi connectivity index (χ4v) is 3.04. The summed E-state index contributed by atoms with van der Waals surface area (Å²) in [5, 5.41) is 14.1. The highest BCUT2D eigenvalue weighted by Gasteiger charge is 2.13. The van der Waals surface area contributed by atoms with Crippen molar-refractivity contribution in [2.24, 2.45) is 0 Å². The van der Waals surface area contributed by atoms with Gasteiger partial charge in [0.25, 0.3) is 0 Å². The monoisotopic (exact) mass is 360 g/mol. The van der Waals surface area contributed by atoms with Crippen LogP contribution >= 0.6 is 22.9 Å². The number of nitrogens with zero attached hydrogens (tertiary/aromatic N) is 4. The molecule has 0 atom stereocenters. The number of rotatable bonds is 4. The molecule has 2 aromatic heterocycles. The molecular weight excluding hydrogens is 351 g/mol. The van der Waals surface area contributed by atoms with Gasteiger partial charge >= 0.3 is 0 Å². The van der Waals surface area contributed by atoms with Crippen LogP contribution in [0.3, 0.4) is 0 Å². The van der Waals surface area contributed by atoms with Gasteiger partial charge in [0.1, 0.15) is 18.2 Å². The Morgan fingerprint density at radius 1 is 1.04 bits per heavy atom. The number of aromatic nitrogens is 4. The summed E-state index contributed by atoms with van der Waals surface area (Å²) in [5.41, 5.74) is 0.749. The van der Waals surface area contributed by atoms with Crippen LogP contribution in [-0.2, 0) is 6.61 Å². The van der Waals surface area contributed by atoms with Crippen LogP contribution in [0.5, 0.6) is 5.75 Å². The second kappa shape index (κ2) is 6.18. The molecule has 0 fully saturated rings. The molecule has 0 radical (unpaired) electrons. The van der Waals surface area contributed by atoms with Crippen LogP contribution in [0, 0.1) is 5.82 Å². The third-order valence-electron chi connectivity index (χ3n) is 3.31. The first-order valence-corrected chi connectivity index (χ1v) is 8.24. The third-order valence-corrected chi connectivity index (χ3v) is 4.44. The Morgan fingerprint density at radius 2 is 1.79 bits per heavy atom. The standard InChI is InChI=1S/C16H10ClFN4OS/c17-11-3-7-13(8-4-11)23-9-14-21-22-15(19-20-16(22)24-14)10-1-5-12(18)6-2-10/h1-8H,9H2. The summed E-state index contributed by atoms with van der Waals surface area (Å²) in [5.74, 6) is 0.984. The van der Waals surface area contributed by atoms with Crippen molar-refractivity contribution in [1.82, 2.24) is 19.8 Å². The van der Waals surface area contributed by atoms with E-state index in [0.29, 0.717) is 28.2 Å². The topological polar surface area (TPSA) is 52.3 Å². The molecule has 120 valence electrons. The zero-order valence-electron chi connectivity index (χ0n) is 12.2. The van der Waals surface area contributed by atoms with E-state index in [0.717, 1.165) is 10.6 Å². The highest BCUT2D eigenvalue weighted by atomic mass is 35.5. The summed E-state index contributed by atoms with van der Waals surface area (Å²) >= 11 is 7.24. The largest absolute Gasteiger partial charge is 0.486 e. The molecule has 0 saturated heterocycles. The number of ether oxygens (including phenoxy) is 1. The minimum atomic E-state index is -0.296. The van der Waals surface area contributed by atoms with Gasteiger partial charge in [-0.3, -0.25) is 0 Å². The third kappa shape index (κ3) is 2.95. The van der Waals surface area contributed by atoms with Crippen molar-refractivity contribution in [2.75, 3.05) is 0 Å². The normalized spacial score (nSPS) is 11.1. The summed E-state index contributed by atoms with van der Waals surface area (Å²) in [6.07, 6.45) is 0. The highest BCUT2D eigenvalue weighted by molar-refractivity contribution is 7.16. The lowest BCUT2D eigenvalue weighted by atomic mass is 10.2. The van der Waals surface area contributed by atoms with Crippen molar-refractivity contribution < 1.29 is 9.13 Å². The van der Waals surface area contributed by atoms with Crippen LogP contribution in [0.25, 0.3) is 16.3 Å². The number of hydrogen-bond acceptors (Lipinski definition) is 5. The Hall–Kier alpha value is -2.51. The number of fused-ring (bicyclic) bond motifs is 1. The summed E-state index contributed by atoms with van der Waals surface area (Å²) in [6.45, 7) is 0.318. The summed E-state index contributed by atoms with van der Waals surface area (Å²) < 4.78 is 20.4. The lowest BCUT2D eigenvalue weighted by Gasteiger charge is -2.03. The molecule has 0 bridgehead atoms. The molecule has 4 rings (SSSR count). The van der Waals surface area contributed by atoms with Crippen molar-refractivity contribution in [2.45, 2.75) is 6.61 Å². The highest BCUT2D eigenvalue weighted by Crippen LogP contribution is 2.23. The van der Waals surface area contributed by atoms with Gasteiger partial charge in [-0.15, -0.1) is 10.2 Å². The molecule has 0 aliphatic rings. The van der Waals surface area contributed by atoms with Crippen molar-refractivity contribution in [3.05, 3.63) is 64.4 Å².